The van der Waals surface area contributed by atoms with Crippen molar-refractivity contribution >= 4 is 17.3 Å². The van der Waals surface area contributed by atoms with Gasteiger partial charge >= 0.3 is 0 Å². The topological polar surface area (TPSA) is 41.1 Å². The van der Waals surface area contributed by atoms with Gasteiger partial charge in [-0.05, 0) is 75.9 Å². The first-order chi connectivity index (χ1) is 10.8. The van der Waals surface area contributed by atoms with Crippen LogP contribution in [0, 0.1) is 34.6 Å². The summed E-state index contributed by atoms with van der Waals surface area (Å²) in [5.74, 6) is -0.0294. The molecule has 0 heterocycles. The van der Waals surface area contributed by atoms with Crippen LogP contribution >= 0.6 is 0 Å². The lowest BCUT2D eigenvalue weighted by Crippen LogP contribution is -2.32. The zero-order valence-corrected chi connectivity index (χ0v) is 14.9. The van der Waals surface area contributed by atoms with Gasteiger partial charge in [-0.1, -0.05) is 23.8 Å². The van der Waals surface area contributed by atoms with Gasteiger partial charge in [-0.3, -0.25) is 4.79 Å². The van der Waals surface area contributed by atoms with E-state index < -0.39 is 0 Å². The lowest BCUT2D eigenvalue weighted by Gasteiger charge is -2.18. The summed E-state index contributed by atoms with van der Waals surface area (Å²) in [4.78, 5) is 12.5. The minimum Gasteiger partial charge on any atom is -0.374 e. The SMILES string of the molecule is Cc1cc(C)c(NC(=O)[C@@H](C)Nc2ccc(C)c(C)c2)c(C)c1. The van der Waals surface area contributed by atoms with Gasteiger partial charge in [0.15, 0.2) is 0 Å². The van der Waals surface area contributed by atoms with Crippen molar-refractivity contribution in [3.05, 3.63) is 58.1 Å². The predicted molar refractivity (Wildman–Crippen MR) is 98.3 cm³/mol. The van der Waals surface area contributed by atoms with E-state index in [-0.39, 0.29) is 11.9 Å². The fourth-order valence-corrected chi connectivity index (χ4v) is 2.76. The van der Waals surface area contributed by atoms with E-state index in [1.165, 1.54) is 16.7 Å². The summed E-state index contributed by atoms with van der Waals surface area (Å²) in [6, 6.07) is 10.0. The third kappa shape index (κ3) is 4.13. The Morgan fingerprint density at radius 3 is 2.04 bits per heavy atom. The van der Waals surface area contributed by atoms with Crippen molar-refractivity contribution < 1.29 is 4.79 Å². The fraction of sp³-hybridized carbons (Fsp3) is 0.350. The molecule has 0 aliphatic heterocycles. The summed E-state index contributed by atoms with van der Waals surface area (Å²) in [5.41, 5.74) is 7.73. The predicted octanol–water partition coefficient (Wildman–Crippen LogP) is 4.67. The van der Waals surface area contributed by atoms with Crippen LogP contribution in [0.3, 0.4) is 0 Å². The van der Waals surface area contributed by atoms with Gasteiger partial charge in [-0.15, -0.1) is 0 Å². The van der Waals surface area contributed by atoms with Crippen molar-refractivity contribution in [1.29, 1.82) is 0 Å². The number of anilines is 2. The standard InChI is InChI=1S/C20H26N2O/c1-12-9-15(4)19(16(5)10-12)22-20(23)17(6)21-18-8-7-13(2)14(3)11-18/h7-11,17,21H,1-6H3,(H,22,23)/t17-/m1/s1. The molecule has 0 bridgehead atoms. The molecule has 122 valence electrons. The molecule has 0 unspecified atom stereocenters. The smallest absolute Gasteiger partial charge is 0.246 e. The maximum absolute atomic E-state index is 12.5. The largest absolute Gasteiger partial charge is 0.374 e. The number of carbonyl (C=O) groups is 1. The highest BCUT2D eigenvalue weighted by Gasteiger charge is 2.15. The highest BCUT2D eigenvalue weighted by Crippen LogP contribution is 2.22. The first kappa shape index (κ1) is 17.1. The molecule has 3 nitrogen and oxygen atoms in total. The van der Waals surface area contributed by atoms with Crippen LogP contribution in [0.4, 0.5) is 11.4 Å². The van der Waals surface area contributed by atoms with Gasteiger partial charge < -0.3 is 10.6 Å². The average molecular weight is 310 g/mol. The molecule has 0 aliphatic rings. The van der Waals surface area contributed by atoms with Crippen LogP contribution in [0.25, 0.3) is 0 Å². The molecule has 3 heteroatoms. The van der Waals surface area contributed by atoms with E-state index in [0.717, 1.165) is 22.5 Å². The number of hydrogen-bond acceptors (Lipinski definition) is 2. The zero-order chi connectivity index (χ0) is 17.1. The Labute approximate surface area is 139 Å². The number of rotatable bonds is 4. The van der Waals surface area contributed by atoms with E-state index in [9.17, 15) is 4.79 Å². The number of amides is 1. The molecule has 2 N–H and O–H groups in total. The van der Waals surface area contributed by atoms with E-state index in [1.54, 1.807) is 0 Å². The van der Waals surface area contributed by atoms with Crippen LogP contribution in [-0.2, 0) is 4.79 Å². The summed E-state index contributed by atoms with van der Waals surface area (Å²) < 4.78 is 0. The van der Waals surface area contributed by atoms with Crippen molar-refractivity contribution in [2.45, 2.75) is 47.6 Å². The maximum atomic E-state index is 12.5. The lowest BCUT2D eigenvalue weighted by atomic mass is 10.0. The van der Waals surface area contributed by atoms with Gasteiger partial charge in [0, 0.05) is 11.4 Å². The summed E-state index contributed by atoms with van der Waals surface area (Å²) in [5, 5.41) is 6.32. The monoisotopic (exact) mass is 310 g/mol. The minimum absolute atomic E-state index is 0.0294. The van der Waals surface area contributed by atoms with Crippen LogP contribution in [0.5, 0.6) is 0 Å². The van der Waals surface area contributed by atoms with Crippen LogP contribution in [0.2, 0.25) is 0 Å². The summed E-state index contributed by atoms with van der Waals surface area (Å²) in [6.45, 7) is 12.1. The van der Waals surface area contributed by atoms with E-state index in [2.05, 4.69) is 55.7 Å². The lowest BCUT2D eigenvalue weighted by molar-refractivity contribution is -0.116. The van der Waals surface area contributed by atoms with Gasteiger partial charge in [0.05, 0.1) is 0 Å². The Balaban J connectivity index is 2.10. The molecule has 2 rings (SSSR count). The fourth-order valence-electron chi connectivity index (χ4n) is 2.76. The van der Waals surface area contributed by atoms with Crippen molar-refractivity contribution in [1.82, 2.24) is 0 Å². The number of carbonyl (C=O) groups excluding carboxylic acids is 1. The van der Waals surface area contributed by atoms with E-state index in [1.807, 2.05) is 26.8 Å². The Morgan fingerprint density at radius 2 is 1.48 bits per heavy atom. The second-order valence-corrected chi connectivity index (χ2v) is 6.43. The van der Waals surface area contributed by atoms with Crippen molar-refractivity contribution in [2.75, 3.05) is 10.6 Å². The molecule has 0 aliphatic carbocycles. The van der Waals surface area contributed by atoms with Crippen LogP contribution in [0.1, 0.15) is 34.7 Å². The van der Waals surface area contributed by atoms with Gasteiger partial charge in [0.2, 0.25) is 5.91 Å². The number of hydrogen-bond donors (Lipinski definition) is 2. The normalized spacial score (nSPS) is 11.9. The molecular formula is C20H26N2O. The number of nitrogens with one attached hydrogen (secondary N) is 2. The highest BCUT2D eigenvalue weighted by molar-refractivity contribution is 5.97. The highest BCUT2D eigenvalue weighted by atomic mass is 16.2. The molecular weight excluding hydrogens is 284 g/mol. The van der Waals surface area contributed by atoms with Gasteiger partial charge in [0.25, 0.3) is 0 Å². The molecule has 0 spiro atoms. The van der Waals surface area contributed by atoms with Crippen LogP contribution < -0.4 is 10.6 Å². The molecule has 23 heavy (non-hydrogen) atoms. The molecule has 0 aromatic heterocycles. The number of benzene rings is 2. The van der Waals surface area contributed by atoms with Crippen molar-refractivity contribution in [2.24, 2.45) is 0 Å². The Kier molecular flexibility index (Phi) is 5.09. The molecule has 0 fully saturated rings. The second-order valence-electron chi connectivity index (χ2n) is 6.43. The van der Waals surface area contributed by atoms with E-state index >= 15 is 0 Å². The third-order valence-corrected chi connectivity index (χ3v) is 4.21. The Bertz CT molecular complexity index is 711. The molecule has 0 saturated carbocycles. The maximum Gasteiger partial charge on any atom is 0.246 e. The molecule has 0 radical (unpaired) electrons. The summed E-state index contributed by atoms with van der Waals surface area (Å²) >= 11 is 0. The first-order valence-corrected chi connectivity index (χ1v) is 8.00. The number of aryl methyl sites for hydroxylation is 5. The third-order valence-electron chi connectivity index (χ3n) is 4.21. The van der Waals surface area contributed by atoms with Crippen LogP contribution in [0.15, 0.2) is 30.3 Å². The van der Waals surface area contributed by atoms with Gasteiger partial charge in [-0.25, -0.2) is 0 Å². The average Bonchev–Trinajstić information content (AvgIpc) is 2.46. The zero-order valence-electron chi connectivity index (χ0n) is 14.9. The molecule has 0 saturated heterocycles. The first-order valence-electron chi connectivity index (χ1n) is 8.00. The Hall–Kier alpha value is -2.29. The van der Waals surface area contributed by atoms with Crippen LogP contribution in [-0.4, -0.2) is 11.9 Å². The van der Waals surface area contributed by atoms with Gasteiger partial charge in [0.1, 0.15) is 6.04 Å². The molecule has 2 aromatic rings. The van der Waals surface area contributed by atoms with Crippen molar-refractivity contribution in [3.63, 3.8) is 0 Å². The van der Waals surface area contributed by atoms with Crippen molar-refractivity contribution in [3.8, 4) is 0 Å². The molecule has 2 aromatic carbocycles. The summed E-state index contributed by atoms with van der Waals surface area (Å²) in [6.07, 6.45) is 0. The molecule has 1 atom stereocenters. The molecule has 1 amide bonds. The van der Waals surface area contributed by atoms with E-state index in [4.69, 9.17) is 0 Å². The minimum atomic E-state index is -0.308. The quantitative estimate of drug-likeness (QED) is 0.861. The summed E-state index contributed by atoms with van der Waals surface area (Å²) in [7, 11) is 0. The van der Waals surface area contributed by atoms with Gasteiger partial charge in [-0.2, -0.15) is 0 Å². The second kappa shape index (κ2) is 6.86. The Morgan fingerprint density at radius 1 is 0.870 bits per heavy atom. The van der Waals surface area contributed by atoms with E-state index in [0.29, 0.717) is 0 Å².